The van der Waals surface area contributed by atoms with Gasteiger partial charge in [0.05, 0.1) is 66.5 Å². The number of aromatic nitrogens is 2. The summed E-state index contributed by atoms with van der Waals surface area (Å²) in [5.74, 6) is -1.43. The number of aliphatic hydroxyl groups is 1. The Morgan fingerprint density at radius 2 is 1.07 bits per heavy atom. The fourth-order valence-electron chi connectivity index (χ4n) is 11.1. The van der Waals surface area contributed by atoms with E-state index in [4.69, 9.17) is 28.4 Å². The summed E-state index contributed by atoms with van der Waals surface area (Å²) in [4.78, 5) is 100. The Hall–Kier alpha value is -7.99. The second-order valence-electron chi connectivity index (χ2n) is 24.6. The SMILES string of the molecule is COC(=O)c1cccc2c1c(C=O)c(-c1ccc(C3CCC(Cc4ccc5c(c(CO)c(-c6ccc(C7CCCN7C(=O)OC(C)(C)C)cc6)n5C(=O)OC(C)(C)C)c4C(=O)OC)N3C(=O)OC(C)(C)C)cc1)n2C(=O)OC(C)(C)C. The molecule has 3 unspecified atom stereocenters. The lowest BCUT2D eigenvalue weighted by Crippen LogP contribution is -2.42. The van der Waals surface area contributed by atoms with Gasteiger partial charge in [-0.05, 0) is 161 Å². The van der Waals surface area contributed by atoms with Crippen molar-refractivity contribution in [3.63, 3.8) is 0 Å². The number of aliphatic hydroxyl groups excluding tert-OH is 1. The highest BCUT2D eigenvalue weighted by Crippen LogP contribution is 2.44. The molecule has 0 aliphatic carbocycles. The van der Waals surface area contributed by atoms with Crippen LogP contribution in [0, 0.1) is 0 Å². The van der Waals surface area contributed by atoms with Crippen LogP contribution >= 0.6 is 0 Å². The van der Waals surface area contributed by atoms with Crippen LogP contribution in [0.4, 0.5) is 19.2 Å². The molecule has 2 aromatic heterocycles. The molecule has 0 bridgehead atoms. The van der Waals surface area contributed by atoms with Crippen LogP contribution in [0.2, 0.25) is 0 Å². The molecular weight excluding hydrogens is 1040 g/mol. The molecule has 18 nitrogen and oxygen atoms in total. The Labute approximate surface area is 472 Å². The summed E-state index contributed by atoms with van der Waals surface area (Å²) >= 11 is 0. The van der Waals surface area contributed by atoms with Crippen molar-refractivity contribution in [2.24, 2.45) is 0 Å². The fraction of sp³-hybridized carbons (Fsp3) is 0.444. The zero-order valence-corrected chi connectivity index (χ0v) is 48.8. The molecule has 8 rings (SSSR count). The second kappa shape index (κ2) is 22.5. The van der Waals surface area contributed by atoms with E-state index in [2.05, 4.69) is 0 Å². The van der Waals surface area contributed by atoms with Crippen LogP contribution in [0.25, 0.3) is 44.3 Å². The van der Waals surface area contributed by atoms with Gasteiger partial charge in [0, 0.05) is 34.5 Å². The molecule has 81 heavy (non-hydrogen) atoms. The van der Waals surface area contributed by atoms with Crippen LogP contribution in [-0.2, 0) is 41.4 Å². The number of methoxy groups -OCH3 is 2. The topological polar surface area (TPSA) is 211 Å². The molecule has 0 saturated carbocycles. The molecule has 2 amide bonds. The summed E-state index contributed by atoms with van der Waals surface area (Å²) in [5.41, 5.74) is 1.13. The maximum absolute atomic E-state index is 14.6. The lowest BCUT2D eigenvalue weighted by atomic mass is 9.93. The van der Waals surface area contributed by atoms with Gasteiger partial charge in [-0.1, -0.05) is 60.7 Å². The average Bonchev–Trinajstić information content (AvgIpc) is 4.10. The monoisotopic (exact) mass is 1110 g/mol. The number of rotatable bonds is 10. The number of esters is 2. The lowest BCUT2D eigenvalue weighted by molar-refractivity contribution is 0.0141. The number of hydrogen-bond acceptors (Lipinski definition) is 14. The first kappa shape index (κ1) is 59.1. The first-order chi connectivity index (χ1) is 38.0. The number of benzene rings is 4. The Morgan fingerprint density at radius 1 is 0.568 bits per heavy atom. The first-order valence-electron chi connectivity index (χ1n) is 27.3. The maximum atomic E-state index is 14.6. The van der Waals surface area contributed by atoms with Gasteiger partial charge in [-0.25, -0.2) is 37.9 Å². The zero-order valence-electron chi connectivity index (χ0n) is 48.8. The number of carbonyl (C=O) groups excluding carboxylic acids is 7. The van der Waals surface area contributed by atoms with E-state index in [0.29, 0.717) is 53.6 Å². The van der Waals surface area contributed by atoms with Crippen molar-refractivity contribution in [1.82, 2.24) is 18.9 Å². The normalized spacial score (nSPS) is 16.9. The second-order valence-corrected chi connectivity index (χ2v) is 24.6. The van der Waals surface area contributed by atoms with Gasteiger partial charge in [0.15, 0.2) is 6.29 Å². The van der Waals surface area contributed by atoms with Gasteiger partial charge in [-0.15, -0.1) is 0 Å². The fourth-order valence-corrected chi connectivity index (χ4v) is 11.1. The maximum Gasteiger partial charge on any atom is 0.419 e. The minimum absolute atomic E-state index is 0.0719. The van der Waals surface area contributed by atoms with Crippen molar-refractivity contribution in [3.8, 4) is 22.5 Å². The summed E-state index contributed by atoms with van der Waals surface area (Å²) in [5, 5.41) is 11.9. The molecule has 3 atom stereocenters. The minimum Gasteiger partial charge on any atom is -0.465 e. The highest BCUT2D eigenvalue weighted by atomic mass is 16.6. The molecule has 2 fully saturated rings. The molecule has 0 spiro atoms. The molecule has 18 heteroatoms. The number of ether oxygens (including phenoxy) is 6. The van der Waals surface area contributed by atoms with Crippen LogP contribution in [0.3, 0.4) is 0 Å². The number of nitrogens with zero attached hydrogens (tertiary/aromatic N) is 4. The lowest BCUT2D eigenvalue weighted by Gasteiger charge is -2.33. The van der Waals surface area contributed by atoms with Gasteiger partial charge in [0.2, 0.25) is 0 Å². The highest BCUT2D eigenvalue weighted by Gasteiger charge is 2.42. The van der Waals surface area contributed by atoms with Gasteiger partial charge in [-0.2, -0.15) is 0 Å². The quantitative estimate of drug-likeness (QED) is 0.0768. The molecule has 4 aromatic carbocycles. The molecule has 2 aliphatic rings. The van der Waals surface area contributed by atoms with Crippen molar-refractivity contribution in [3.05, 3.63) is 118 Å². The van der Waals surface area contributed by atoms with Gasteiger partial charge >= 0.3 is 36.3 Å². The Balaban J connectivity index is 1.22. The summed E-state index contributed by atoms with van der Waals surface area (Å²) in [6, 6.07) is 21.3. The summed E-state index contributed by atoms with van der Waals surface area (Å²) in [7, 11) is 2.48. The Bertz CT molecular complexity index is 3430. The van der Waals surface area contributed by atoms with Gasteiger partial charge in [0.1, 0.15) is 22.4 Å². The Morgan fingerprint density at radius 3 is 1.60 bits per heavy atom. The predicted octanol–water partition coefficient (Wildman–Crippen LogP) is 13.1. The highest BCUT2D eigenvalue weighted by molar-refractivity contribution is 6.16. The summed E-state index contributed by atoms with van der Waals surface area (Å²) < 4.78 is 36.9. The Kier molecular flexibility index (Phi) is 16.4. The third-order valence-electron chi connectivity index (χ3n) is 14.2. The van der Waals surface area contributed by atoms with E-state index in [9.17, 15) is 38.7 Å². The molecule has 0 radical (unpaired) electrons. The third-order valence-corrected chi connectivity index (χ3v) is 14.2. The van der Waals surface area contributed by atoms with Crippen molar-refractivity contribution >= 4 is 64.4 Å². The predicted molar refractivity (Wildman–Crippen MR) is 304 cm³/mol. The first-order valence-corrected chi connectivity index (χ1v) is 27.3. The van der Waals surface area contributed by atoms with Gasteiger partial charge in [-0.3, -0.25) is 9.69 Å². The van der Waals surface area contributed by atoms with Gasteiger partial charge < -0.3 is 38.4 Å². The molecule has 2 saturated heterocycles. The molecule has 2 aliphatic heterocycles. The van der Waals surface area contributed by atoms with E-state index >= 15 is 0 Å². The summed E-state index contributed by atoms with van der Waals surface area (Å²) in [6.07, 6.45) is 0.619. The third kappa shape index (κ3) is 12.2. The van der Waals surface area contributed by atoms with Crippen molar-refractivity contribution in [2.45, 2.75) is 162 Å². The van der Waals surface area contributed by atoms with Crippen LogP contribution < -0.4 is 0 Å². The van der Waals surface area contributed by atoms with E-state index in [1.54, 1.807) is 109 Å². The number of likely N-dealkylation sites (tertiary alicyclic amines) is 2. The number of carbonyl (C=O) groups is 7. The molecule has 4 heterocycles. The zero-order chi connectivity index (χ0) is 59.3. The largest absolute Gasteiger partial charge is 0.465 e. The van der Waals surface area contributed by atoms with Gasteiger partial charge in [0.25, 0.3) is 0 Å². The van der Waals surface area contributed by atoms with E-state index in [1.807, 2.05) is 57.2 Å². The number of aldehydes is 1. The van der Waals surface area contributed by atoms with Crippen molar-refractivity contribution in [2.75, 3.05) is 20.8 Å². The van der Waals surface area contributed by atoms with Crippen molar-refractivity contribution in [1.29, 1.82) is 0 Å². The van der Waals surface area contributed by atoms with Crippen LogP contribution in [0.15, 0.2) is 78.9 Å². The molecule has 1 N–H and O–H groups in total. The smallest absolute Gasteiger partial charge is 0.419 e. The molecular formula is C63H74N4O14. The summed E-state index contributed by atoms with van der Waals surface area (Å²) in [6.45, 7) is 21.1. The van der Waals surface area contributed by atoms with E-state index in [-0.39, 0.29) is 62.2 Å². The number of fused-ring (bicyclic) bond motifs is 2. The minimum atomic E-state index is -0.939. The molecule has 6 aromatic rings. The van der Waals surface area contributed by atoms with Crippen LogP contribution in [0.5, 0.6) is 0 Å². The van der Waals surface area contributed by atoms with E-state index in [0.717, 1.165) is 18.4 Å². The standard InChI is InChI=1S/C63H74N4O14/c1-60(2,3)78-56(72)64-32-16-19-45(64)36-20-24-39(25-21-36)53-44(35-69)51-48(67(53)59(75)81-63(10,11)12)30-28-40(49(51)55(71)77-14)33-41-29-31-46(65(41)57(73)79-61(4,5)6)37-22-26-38(27-23-37)52-43(34-68)50-42(54(70)76-13)17-15-18-47(50)66(52)58(74)80-62(7,8)9/h15,17-18,20-28,30,34,41,45-46,69H,16,19,29,31-33,35H2,1-14H3. The molecule has 430 valence electrons. The van der Waals surface area contributed by atoms with E-state index < -0.39 is 77.4 Å². The van der Waals surface area contributed by atoms with E-state index in [1.165, 1.54) is 29.4 Å². The number of hydrogen-bond donors (Lipinski definition) is 1. The number of amides is 2. The van der Waals surface area contributed by atoms with Crippen molar-refractivity contribution < 1.29 is 67.1 Å². The average molecular weight is 1110 g/mol. The van der Waals surface area contributed by atoms with Crippen LogP contribution in [0.1, 0.15) is 174 Å². The van der Waals surface area contributed by atoms with Crippen LogP contribution in [-0.4, -0.2) is 116 Å².